The van der Waals surface area contributed by atoms with E-state index >= 15 is 0 Å². The molecule has 0 saturated heterocycles. The minimum atomic E-state index is -1.33. The summed E-state index contributed by atoms with van der Waals surface area (Å²) in [5.41, 5.74) is 7.42. The number of hydrazine groups is 1. The number of hydrogen-bond donors (Lipinski definition) is 4. The highest BCUT2D eigenvalue weighted by Crippen LogP contribution is 2.11. The molecule has 0 bridgehead atoms. The van der Waals surface area contributed by atoms with Gasteiger partial charge in [-0.3, -0.25) is 20.2 Å². The van der Waals surface area contributed by atoms with Crippen LogP contribution in [-0.4, -0.2) is 34.9 Å². The summed E-state index contributed by atoms with van der Waals surface area (Å²) in [6, 6.07) is 0. The molecule has 0 atom stereocenters. The van der Waals surface area contributed by atoms with Crippen molar-refractivity contribution in [2.45, 2.75) is 12.8 Å². The summed E-state index contributed by atoms with van der Waals surface area (Å²) in [7, 11) is 0. The standard InChI is InChI=1S/C8H14N9O4/c9-3-1-2-4-11-7-12-5(13-8(14-7)15-10)6(16(18)19)17(20)21/h1-4,9-10H2,(H2-,11,12,13,14,15)/q-1. The van der Waals surface area contributed by atoms with Gasteiger partial charge in [-0.1, -0.05) is 0 Å². The lowest BCUT2D eigenvalue weighted by molar-refractivity contribution is -0.617. The molecule has 116 valence electrons. The van der Waals surface area contributed by atoms with E-state index in [1.807, 2.05) is 0 Å². The molecule has 0 saturated carbocycles. The van der Waals surface area contributed by atoms with Crippen LogP contribution in [0.4, 0.5) is 0 Å². The van der Waals surface area contributed by atoms with Crippen molar-refractivity contribution >= 4 is 11.9 Å². The number of hydrogen-bond acceptors (Lipinski definition) is 10. The first-order valence-corrected chi connectivity index (χ1v) is 5.81. The summed E-state index contributed by atoms with van der Waals surface area (Å²) in [4.78, 5) is 26.5. The summed E-state index contributed by atoms with van der Waals surface area (Å²) in [5, 5.41) is 27.6. The van der Waals surface area contributed by atoms with Crippen LogP contribution < -0.4 is 22.3 Å². The van der Waals surface area contributed by atoms with Crippen LogP contribution in [0.25, 0.3) is 5.32 Å². The van der Waals surface area contributed by atoms with Crippen LogP contribution in [0.2, 0.25) is 0 Å². The highest BCUT2D eigenvalue weighted by Gasteiger charge is 2.31. The van der Waals surface area contributed by atoms with Gasteiger partial charge in [-0.2, -0.15) is 0 Å². The largest absolute Gasteiger partial charge is 0.585 e. The van der Waals surface area contributed by atoms with Crippen molar-refractivity contribution in [3.63, 3.8) is 0 Å². The Hall–Kier alpha value is -2.80. The average Bonchev–Trinajstić information content (AvgIpc) is 2.42. The second-order valence-electron chi connectivity index (χ2n) is 3.71. The Labute approximate surface area is 118 Å². The van der Waals surface area contributed by atoms with E-state index in [4.69, 9.17) is 11.6 Å². The Bertz CT molecular complexity index is 496. The van der Waals surface area contributed by atoms with Gasteiger partial charge in [0.2, 0.25) is 5.82 Å². The summed E-state index contributed by atoms with van der Waals surface area (Å²) in [6.07, 6.45) is 1.40. The molecule has 6 N–H and O–H groups in total. The van der Waals surface area contributed by atoms with Crippen LogP contribution >= 0.6 is 0 Å². The van der Waals surface area contributed by atoms with Crippen molar-refractivity contribution in [2.75, 3.05) is 13.1 Å². The molecule has 13 nitrogen and oxygen atoms in total. The predicted molar refractivity (Wildman–Crippen MR) is 72.9 cm³/mol. The summed E-state index contributed by atoms with van der Waals surface area (Å²) in [5.74, 6) is 2.91. The van der Waals surface area contributed by atoms with E-state index in [9.17, 15) is 20.2 Å². The summed E-state index contributed by atoms with van der Waals surface area (Å²) in [6.45, 7) is 0.831. The molecule has 0 spiro atoms. The molecule has 0 aromatic heterocycles. The predicted octanol–water partition coefficient (Wildman–Crippen LogP) is -1.44. The molecule has 21 heavy (non-hydrogen) atoms. The Balaban J connectivity index is 2.99. The Morgan fingerprint density at radius 2 is 1.95 bits per heavy atom. The molecule has 0 aromatic carbocycles. The van der Waals surface area contributed by atoms with Crippen molar-refractivity contribution in [3.8, 4) is 0 Å². The molecular formula is C8H14N9O4-. The fourth-order valence-electron chi connectivity index (χ4n) is 1.31. The summed E-state index contributed by atoms with van der Waals surface area (Å²) >= 11 is 0. The fraction of sp³-hybridized carbons (Fsp3) is 0.500. The maximum absolute atomic E-state index is 10.7. The molecule has 1 aliphatic heterocycles. The maximum atomic E-state index is 10.7. The molecule has 1 rings (SSSR count). The zero-order valence-corrected chi connectivity index (χ0v) is 10.9. The topological polar surface area (TPSA) is 201 Å². The average molecular weight is 300 g/mol. The monoisotopic (exact) mass is 300 g/mol. The van der Waals surface area contributed by atoms with Gasteiger partial charge in [0.25, 0.3) is 0 Å². The molecular weight excluding hydrogens is 286 g/mol. The zero-order valence-electron chi connectivity index (χ0n) is 10.9. The van der Waals surface area contributed by atoms with Crippen LogP contribution in [0.3, 0.4) is 0 Å². The van der Waals surface area contributed by atoms with Gasteiger partial charge < -0.3 is 31.8 Å². The van der Waals surface area contributed by atoms with Crippen molar-refractivity contribution in [1.29, 1.82) is 0 Å². The van der Waals surface area contributed by atoms with Gasteiger partial charge in [-0.25, -0.2) is 5.84 Å². The van der Waals surface area contributed by atoms with E-state index in [1.165, 1.54) is 0 Å². The third-order valence-electron chi connectivity index (χ3n) is 2.22. The minimum Gasteiger partial charge on any atom is -0.393 e. The normalized spacial score (nSPS) is 13.7. The van der Waals surface area contributed by atoms with Gasteiger partial charge in [-0.15, -0.1) is 0 Å². The number of unbranched alkanes of at least 4 members (excludes halogenated alkanes) is 1. The second kappa shape index (κ2) is 7.71. The van der Waals surface area contributed by atoms with E-state index in [1.54, 1.807) is 0 Å². The third-order valence-corrected chi connectivity index (χ3v) is 2.22. The number of guanidine groups is 2. The fourth-order valence-corrected chi connectivity index (χ4v) is 1.31. The number of nitrogens with zero attached hydrogens (tertiary/aromatic N) is 5. The SMILES string of the molecule is NCCCC[N-]C1=NC(=C([N+](=O)[O-])[N+](=O)[O-])NC(NN)=N1. The lowest BCUT2D eigenvalue weighted by Crippen LogP contribution is -2.44. The highest BCUT2D eigenvalue weighted by atomic mass is 16.7. The molecule has 0 fully saturated rings. The van der Waals surface area contributed by atoms with Gasteiger partial charge in [0.1, 0.15) is 15.8 Å². The van der Waals surface area contributed by atoms with E-state index in [0.717, 1.165) is 6.42 Å². The van der Waals surface area contributed by atoms with Gasteiger partial charge in [0, 0.05) is 5.96 Å². The first kappa shape index (κ1) is 16.3. The van der Waals surface area contributed by atoms with Crippen molar-refractivity contribution in [1.82, 2.24) is 10.7 Å². The van der Waals surface area contributed by atoms with Crippen molar-refractivity contribution in [2.24, 2.45) is 21.6 Å². The molecule has 0 amide bonds. The summed E-state index contributed by atoms with van der Waals surface area (Å²) < 4.78 is 0. The third kappa shape index (κ3) is 4.66. The zero-order chi connectivity index (χ0) is 15.8. The molecule has 0 aliphatic carbocycles. The number of nitrogens with two attached hydrogens (primary N) is 2. The van der Waals surface area contributed by atoms with Gasteiger partial charge >= 0.3 is 5.82 Å². The van der Waals surface area contributed by atoms with Crippen LogP contribution in [0, 0.1) is 20.2 Å². The van der Waals surface area contributed by atoms with Crippen LogP contribution in [0.15, 0.2) is 21.6 Å². The van der Waals surface area contributed by atoms with Gasteiger partial charge in [0.15, 0.2) is 0 Å². The lowest BCUT2D eigenvalue weighted by Gasteiger charge is -2.23. The lowest BCUT2D eigenvalue weighted by atomic mass is 10.3. The smallest absolute Gasteiger partial charge is 0.393 e. The Morgan fingerprint density at radius 3 is 2.48 bits per heavy atom. The highest BCUT2D eigenvalue weighted by molar-refractivity contribution is 6.04. The molecule has 0 radical (unpaired) electrons. The second-order valence-corrected chi connectivity index (χ2v) is 3.71. The van der Waals surface area contributed by atoms with Crippen LogP contribution in [-0.2, 0) is 0 Å². The molecule has 1 heterocycles. The van der Waals surface area contributed by atoms with Crippen LogP contribution in [0.5, 0.6) is 0 Å². The molecule has 1 aliphatic rings. The van der Waals surface area contributed by atoms with Gasteiger partial charge in [-0.05, 0) is 25.9 Å². The van der Waals surface area contributed by atoms with Gasteiger partial charge in [0.05, 0.1) is 0 Å². The first-order valence-electron chi connectivity index (χ1n) is 5.81. The van der Waals surface area contributed by atoms with E-state index < -0.39 is 21.5 Å². The number of nitrogens with one attached hydrogen (secondary N) is 2. The molecule has 13 heteroatoms. The van der Waals surface area contributed by atoms with Crippen molar-refractivity contribution in [3.05, 3.63) is 37.2 Å². The molecule has 0 aromatic rings. The number of rotatable bonds is 6. The molecule has 0 unspecified atom stereocenters. The number of nitro groups is 2. The quantitative estimate of drug-likeness (QED) is 0.197. The van der Waals surface area contributed by atoms with E-state index in [-0.39, 0.29) is 11.9 Å². The first-order chi connectivity index (χ1) is 9.99. The van der Waals surface area contributed by atoms with E-state index in [0.29, 0.717) is 19.5 Å². The van der Waals surface area contributed by atoms with E-state index in [2.05, 4.69) is 26.0 Å². The minimum absolute atomic E-state index is 0.140. The number of aliphatic imine (C=N–C) groups is 2. The van der Waals surface area contributed by atoms with Crippen LogP contribution in [0.1, 0.15) is 12.8 Å². The Morgan fingerprint density at radius 1 is 1.29 bits per heavy atom. The van der Waals surface area contributed by atoms with Crippen molar-refractivity contribution < 1.29 is 9.85 Å². The Kier molecular flexibility index (Phi) is 5.97. The maximum Gasteiger partial charge on any atom is 0.585 e.